The van der Waals surface area contributed by atoms with E-state index in [2.05, 4.69) is 22.3 Å². The molecule has 1 fully saturated rings. The van der Waals surface area contributed by atoms with Gasteiger partial charge >= 0.3 is 0 Å². The number of nitro groups is 1. The molecule has 1 amide bonds. The van der Waals surface area contributed by atoms with Crippen LogP contribution in [0.3, 0.4) is 0 Å². The first-order chi connectivity index (χ1) is 17.0. The lowest BCUT2D eigenvalue weighted by Gasteiger charge is -2.26. The third-order valence-corrected chi connectivity index (χ3v) is 6.78. The number of rotatable bonds is 6. The van der Waals surface area contributed by atoms with Gasteiger partial charge in [0.25, 0.3) is 5.69 Å². The highest BCUT2D eigenvalue weighted by Crippen LogP contribution is 2.38. The molecular formula is C27H25ClN4O3. The summed E-state index contributed by atoms with van der Waals surface area (Å²) in [7, 11) is 0. The van der Waals surface area contributed by atoms with E-state index in [9.17, 15) is 14.9 Å². The van der Waals surface area contributed by atoms with E-state index in [0.717, 1.165) is 25.2 Å². The van der Waals surface area contributed by atoms with Crippen molar-refractivity contribution in [2.24, 2.45) is 4.99 Å². The van der Waals surface area contributed by atoms with Crippen LogP contribution in [0.4, 0.5) is 17.1 Å². The molecule has 0 radical (unpaired) electrons. The number of nitrogens with one attached hydrogen (secondary N) is 1. The number of hydrogen-bond acceptors (Lipinski definition) is 5. The van der Waals surface area contributed by atoms with E-state index < -0.39 is 10.8 Å². The summed E-state index contributed by atoms with van der Waals surface area (Å²) >= 11 is 6.10. The summed E-state index contributed by atoms with van der Waals surface area (Å²) in [6.45, 7) is 3.17. The second-order valence-electron chi connectivity index (χ2n) is 8.96. The molecule has 0 saturated carbocycles. The lowest BCUT2D eigenvalue weighted by Crippen LogP contribution is -2.28. The number of halogens is 1. The molecule has 178 valence electrons. The van der Waals surface area contributed by atoms with Crippen LogP contribution in [0.5, 0.6) is 0 Å². The van der Waals surface area contributed by atoms with Gasteiger partial charge in [0, 0.05) is 35.0 Å². The number of anilines is 1. The molecule has 7 nitrogen and oxygen atoms in total. The largest absolute Gasteiger partial charge is 0.325 e. The van der Waals surface area contributed by atoms with Crippen molar-refractivity contribution in [2.45, 2.75) is 31.7 Å². The molecule has 2 aliphatic rings. The summed E-state index contributed by atoms with van der Waals surface area (Å²) in [4.78, 5) is 31.3. The Labute approximate surface area is 208 Å². The number of fused-ring (bicyclic) bond motifs is 1. The van der Waals surface area contributed by atoms with Crippen molar-refractivity contribution < 1.29 is 9.72 Å². The molecule has 0 aliphatic carbocycles. The highest BCUT2D eigenvalue weighted by atomic mass is 35.5. The minimum Gasteiger partial charge on any atom is -0.325 e. The molecule has 1 atom stereocenters. The molecule has 1 unspecified atom stereocenters. The normalized spacial score (nSPS) is 18.3. The van der Waals surface area contributed by atoms with Gasteiger partial charge in [-0.1, -0.05) is 42.3 Å². The predicted octanol–water partition coefficient (Wildman–Crippen LogP) is 6.09. The van der Waals surface area contributed by atoms with Crippen LogP contribution in [0.15, 0.2) is 71.7 Å². The van der Waals surface area contributed by atoms with E-state index in [1.54, 1.807) is 18.2 Å². The van der Waals surface area contributed by atoms with Gasteiger partial charge in [0.2, 0.25) is 5.91 Å². The number of carbonyl (C=O) groups excluding carboxylic acids is 1. The lowest BCUT2D eigenvalue weighted by molar-refractivity contribution is -0.384. The van der Waals surface area contributed by atoms with Crippen LogP contribution in [0, 0.1) is 10.1 Å². The van der Waals surface area contributed by atoms with Crippen molar-refractivity contribution >= 4 is 40.3 Å². The zero-order valence-electron chi connectivity index (χ0n) is 19.1. The Hall–Kier alpha value is -3.55. The topological polar surface area (TPSA) is 87.8 Å². The highest BCUT2D eigenvalue weighted by molar-refractivity contribution is 6.31. The van der Waals surface area contributed by atoms with Crippen molar-refractivity contribution in [1.82, 2.24) is 4.90 Å². The molecule has 3 aromatic rings. The number of hydrogen-bond donors (Lipinski definition) is 1. The summed E-state index contributed by atoms with van der Waals surface area (Å²) in [5.74, 6) is -1.05. The molecule has 3 aromatic carbocycles. The van der Waals surface area contributed by atoms with Gasteiger partial charge in [-0.2, -0.15) is 0 Å². The molecule has 0 aromatic heterocycles. The molecule has 2 aliphatic heterocycles. The maximum absolute atomic E-state index is 13.1. The number of aliphatic imine (C=N–C) groups is 1. The average Bonchev–Trinajstić information content (AvgIpc) is 3.19. The van der Waals surface area contributed by atoms with Crippen molar-refractivity contribution in [2.75, 3.05) is 18.4 Å². The Bertz CT molecular complexity index is 1280. The molecule has 35 heavy (non-hydrogen) atoms. The van der Waals surface area contributed by atoms with Crippen molar-refractivity contribution in [3.63, 3.8) is 0 Å². The van der Waals surface area contributed by atoms with E-state index >= 15 is 0 Å². The first-order valence-corrected chi connectivity index (χ1v) is 12.1. The van der Waals surface area contributed by atoms with Crippen LogP contribution in [0.2, 0.25) is 5.02 Å². The number of benzene rings is 3. The molecular weight excluding hydrogens is 464 g/mol. The molecule has 0 spiro atoms. The Balaban J connectivity index is 1.51. The van der Waals surface area contributed by atoms with Crippen molar-refractivity contribution in [3.05, 3.63) is 98.6 Å². The third kappa shape index (κ3) is 5.11. The smallest absolute Gasteiger partial charge is 0.269 e. The molecule has 1 saturated heterocycles. The maximum atomic E-state index is 13.1. The second-order valence-corrected chi connectivity index (χ2v) is 9.39. The number of likely N-dealkylation sites (tertiary alicyclic amines) is 1. The highest BCUT2D eigenvalue weighted by Gasteiger charge is 2.36. The number of piperidine rings is 1. The summed E-state index contributed by atoms with van der Waals surface area (Å²) in [5.41, 5.74) is 4.21. The SMILES string of the molecule is O=C1Nc2ccc([N+](=O)[O-])cc2C1C(=Nc1ccc(CN2CCCCC2)cc1)c1ccc(Cl)cc1. The number of non-ortho nitro benzene ring substituents is 1. The van der Waals surface area contributed by atoms with Gasteiger partial charge in [-0.05, 0) is 67.4 Å². The van der Waals surface area contributed by atoms with E-state index in [0.29, 0.717) is 27.7 Å². The van der Waals surface area contributed by atoms with E-state index in [-0.39, 0.29) is 11.6 Å². The number of nitrogens with zero attached hydrogens (tertiary/aromatic N) is 3. The lowest BCUT2D eigenvalue weighted by atomic mass is 9.90. The van der Waals surface area contributed by atoms with Gasteiger partial charge in [-0.3, -0.25) is 24.8 Å². The van der Waals surface area contributed by atoms with Gasteiger partial charge in [-0.25, -0.2) is 0 Å². The Kier molecular flexibility index (Phi) is 6.61. The zero-order valence-corrected chi connectivity index (χ0v) is 19.9. The minimum absolute atomic E-state index is 0.0669. The average molecular weight is 489 g/mol. The van der Waals surface area contributed by atoms with Gasteiger partial charge in [0.15, 0.2) is 0 Å². The summed E-state index contributed by atoms with van der Waals surface area (Å²) < 4.78 is 0. The predicted molar refractivity (Wildman–Crippen MR) is 138 cm³/mol. The number of carbonyl (C=O) groups is 1. The fraction of sp³-hybridized carbons (Fsp3) is 0.259. The van der Waals surface area contributed by atoms with E-state index in [1.165, 1.54) is 37.0 Å². The van der Waals surface area contributed by atoms with Gasteiger partial charge in [0.05, 0.1) is 16.3 Å². The molecule has 2 heterocycles. The van der Waals surface area contributed by atoms with Gasteiger partial charge in [-0.15, -0.1) is 0 Å². The summed E-state index contributed by atoms with van der Waals surface area (Å²) in [6, 6.07) is 19.6. The molecule has 1 N–H and O–H groups in total. The van der Waals surface area contributed by atoms with Gasteiger partial charge < -0.3 is 5.32 Å². The van der Waals surface area contributed by atoms with Gasteiger partial charge in [0.1, 0.15) is 5.92 Å². The number of amides is 1. The zero-order chi connectivity index (χ0) is 24.4. The standard InChI is InChI=1S/C27H25ClN4O3/c28-20-8-6-19(7-9-20)26(25-23-16-22(32(34)35)12-13-24(23)30-27(25)33)29-21-10-4-18(5-11-21)17-31-14-2-1-3-15-31/h4-13,16,25H,1-3,14-15,17H2,(H,30,33). The monoisotopic (exact) mass is 488 g/mol. The van der Waals surface area contributed by atoms with Crippen LogP contribution in [-0.4, -0.2) is 34.5 Å². The quantitative estimate of drug-likeness (QED) is 0.258. The Morgan fingerprint density at radius 2 is 1.74 bits per heavy atom. The first-order valence-electron chi connectivity index (χ1n) is 11.7. The Morgan fingerprint density at radius 1 is 1.03 bits per heavy atom. The molecule has 8 heteroatoms. The molecule has 5 rings (SSSR count). The summed E-state index contributed by atoms with van der Waals surface area (Å²) in [5, 5.41) is 14.8. The van der Waals surface area contributed by atoms with Crippen LogP contribution < -0.4 is 5.32 Å². The van der Waals surface area contributed by atoms with Crippen molar-refractivity contribution in [3.8, 4) is 0 Å². The van der Waals surface area contributed by atoms with E-state index in [1.807, 2.05) is 24.3 Å². The fourth-order valence-electron chi connectivity index (χ4n) is 4.74. The minimum atomic E-state index is -0.779. The first kappa shape index (κ1) is 23.2. The second kappa shape index (κ2) is 9.98. The fourth-order valence-corrected chi connectivity index (χ4v) is 4.87. The van der Waals surface area contributed by atoms with Crippen molar-refractivity contribution in [1.29, 1.82) is 0 Å². The summed E-state index contributed by atoms with van der Waals surface area (Å²) in [6.07, 6.45) is 3.80. The maximum Gasteiger partial charge on any atom is 0.269 e. The van der Waals surface area contributed by atoms with Crippen LogP contribution in [0.1, 0.15) is 41.9 Å². The van der Waals surface area contributed by atoms with Crippen LogP contribution in [-0.2, 0) is 11.3 Å². The molecule has 0 bridgehead atoms. The third-order valence-electron chi connectivity index (χ3n) is 6.53. The van der Waals surface area contributed by atoms with Crippen LogP contribution in [0.25, 0.3) is 0 Å². The van der Waals surface area contributed by atoms with E-state index in [4.69, 9.17) is 16.6 Å². The Morgan fingerprint density at radius 3 is 2.43 bits per heavy atom. The number of nitro benzene ring substituents is 1. The van der Waals surface area contributed by atoms with Crippen LogP contribution >= 0.6 is 11.6 Å².